The molecule has 1 fully saturated rings. The number of ether oxygens (including phenoxy) is 3. The molecule has 0 amide bonds. The molecule has 0 unspecified atom stereocenters. The summed E-state index contributed by atoms with van der Waals surface area (Å²) < 4.78 is 16.6. The van der Waals surface area contributed by atoms with Crippen LogP contribution in [0.15, 0.2) is 29.3 Å². The third kappa shape index (κ3) is 11.0. The second kappa shape index (κ2) is 16.7. The summed E-state index contributed by atoms with van der Waals surface area (Å²) in [6, 6.07) is 8.49. The van der Waals surface area contributed by atoms with Gasteiger partial charge < -0.3 is 24.8 Å². The van der Waals surface area contributed by atoms with Crippen LogP contribution in [-0.4, -0.2) is 52.6 Å². The van der Waals surface area contributed by atoms with Crippen LogP contribution in [0.25, 0.3) is 0 Å². The van der Waals surface area contributed by atoms with Crippen LogP contribution in [0.1, 0.15) is 57.1 Å². The molecule has 6 nitrogen and oxygen atoms in total. The molecule has 0 heterocycles. The number of rotatable bonds is 14. The highest BCUT2D eigenvalue weighted by Gasteiger charge is 2.33. The van der Waals surface area contributed by atoms with Crippen LogP contribution in [-0.2, 0) is 27.4 Å². The number of benzene rings is 1. The van der Waals surface area contributed by atoms with E-state index in [4.69, 9.17) is 14.2 Å². The van der Waals surface area contributed by atoms with Crippen molar-refractivity contribution < 1.29 is 14.2 Å². The van der Waals surface area contributed by atoms with E-state index < -0.39 is 0 Å². The Hall–Kier alpha value is -0.900. The Bertz CT molecular complexity index is 622. The molecule has 0 saturated heterocycles. The average Bonchev–Trinajstić information content (AvgIpc) is 3.23. The molecule has 0 aliphatic heterocycles. The minimum absolute atomic E-state index is 0. The van der Waals surface area contributed by atoms with Gasteiger partial charge in [0.25, 0.3) is 0 Å². The van der Waals surface area contributed by atoms with Gasteiger partial charge in [0.1, 0.15) is 0 Å². The maximum absolute atomic E-state index is 5.68. The largest absolute Gasteiger partial charge is 0.382 e. The van der Waals surface area contributed by atoms with Gasteiger partial charge in [0, 0.05) is 40.0 Å². The number of halogens is 1. The van der Waals surface area contributed by atoms with Crippen molar-refractivity contribution in [3.05, 3.63) is 35.4 Å². The molecule has 1 saturated carbocycles. The molecule has 0 bridgehead atoms. The van der Waals surface area contributed by atoms with E-state index in [1.54, 1.807) is 0 Å². The van der Waals surface area contributed by atoms with Gasteiger partial charge in [-0.1, -0.05) is 37.1 Å². The van der Waals surface area contributed by atoms with Crippen LogP contribution in [0, 0.1) is 5.41 Å². The molecule has 1 aliphatic carbocycles. The van der Waals surface area contributed by atoms with Crippen molar-refractivity contribution in [1.29, 1.82) is 0 Å². The minimum atomic E-state index is 0. The lowest BCUT2D eigenvalue weighted by atomic mass is 9.83. The van der Waals surface area contributed by atoms with Gasteiger partial charge in [-0.05, 0) is 49.7 Å². The Balaban J connectivity index is 0.00000480. The number of nitrogens with one attached hydrogen (secondary N) is 2. The number of hydrogen-bond donors (Lipinski definition) is 2. The zero-order chi connectivity index (χ0) is 21.5. The third-order valence-electron chi connectivity index (χ3n) is 5.80. The fraction of sp³-hybridized carbons (Fsp3) is 0.708. The predicted octanol–water partition coefficient (Wildman–Crippen LogP) is 4.51. The van der Waals surface area contributed by atoms with Crippen LogP contribution in [0.5, 0.6) is 0 Å². The van der Waals surface area contributed by atoms with Crippen molar-refractivity contribution in [3.8, 4) is 0 Å². The Morgan fingerprint density at radius 2 is 1.65 bits per heavy atom. The molecule has 1 aromatic rings. The Morgan fingerprint density at radius 1 is 0.968 bits per heavy atom. The van der Waals surface area contributed by atoms with Crippen molar-refractivity contribution >= 4 is 29.9 Å². The first-order valence-corrected chi connectivity index (χ1v) is 11.5. The Morgan fingerprint density at radius 3 is 2.35 bits per heavy atom. The van der Waals surface area contributed by atoms with Crippen LogP contribution < -0.4 is 10.6 Å². The van der Waals surface area contributed by atoms with Gasteiger partial charge in [-0.15, -0.1) is 24.0 Å². The predicted molar refractivity (Wildman–Crippen MR) is 138 cm³/mol. The van der Waals surface area contributed by atoms with Gasteiger partial charge in [0.2, 0.25) is 0 Å². The van der Waals surface area contributed by atoms with E-state index in [1.165, 1.54) is 36.8 Å². The summed E-state index contributed by atoms with van der Waals surface area (Å²) in [6.07, 6.45) is 6.31. The molecule has 31 heavy (non-hydrogen) atoms. The SMILES string of the molecule is CCOCCOCc1cccc(CNC(=NC)NCC2(CCOCC)CCCC2)c1.I. The van der Waals surface area contributed by atoms with E-state index in [9.17, 15) is 0 Å². The van der Waals surface area contributed by atoms with Crippen LogP contribution in [0.4, 0.5) is 0 Å². The molecule has 1 aromatic carbocycles. The molecule has 0 radical (unpaired) electrons. The molecule has 0 spiro atoms. The van der Waals surface area contributed by atoms with E-state index in [0.29, 0.717) is 25.2 Å². The summed E-state index contributed by atoms with van der Waals surface area (Å²) in [6.45, 7) is 9.99. The summed E-state index contributed by atoms with van der Waals surface area (Å²) >= 11 is 0. The van der Waals surface area contributed by atoms with E-state index in [0.717, 1.165) is 45.3 Å². The topological polar surface area (TPSA) is 64.1 Å². The standard InChI is InChI=1S/C24H41N3O3.HI/c1-4-28-14-13-24(11-6-7-12-24)20-27-23(25-3)26-18-21-9-8-10-22(17-21)19-30-16-15-29-5-2;/h8-10,17H,4-7,11-16,18-20H2,1-3H3,(H2,25,26,27);1H. The number of guanidine groups is 1. The summed E-state index contributed by atoms with van der Waals surface area (Å²) in [5, 5.41) is 7.01. The van der Waals surface area contributed by atoms with Crippen molar-refractivity contribution in [2.24, 2.45) is 10.4 Å². The first kappa shape index (κ1) is 28.1. The van der Waals surface area contributed by atoms with Gasteiger partial charge in [0.15, 0.2) is 5.96 Å². The lowest BCUT2D eigenvalue weighted by Gasteiger charge is -2.30. The monoisotopic (exact) mass is 547 g/mol. The maximum atomic E-state index is 5.68. The van der Waals surface area contributed by atoms with E-state index in [-0.39, 0.29) is 24.0 Å². The molecule has 7 heteroatoms. The highest BCUT2D eigenvalue weighted by molar-refractivity contribution is 14.0. The maximum Gasteiger partial charge on any atom is 0.191 e. The van der Waals surface area contributed by atoms with Crippen molar-refractivity contribution in [1.82, 2.24) is 10.6 Å². The van der Waals surface area contributed by atoms with Gasteiger partial charge in [-0.2, -0.15) is 0 Å². The molecular formula is C24H42IN3O3. The summed E-state index contributed by atoms with van der Waals surface area (Å²) in [5.74, 6) is 0.857. The minimum Gasteiger partial charge on any atom is -0.382 e. The highest BCUT2D eigenvalue weighted by atomic mass is 127. The molecular weight excluding hydrogens is 505 g/mol. The first-order valence-electron chi connectivity index (χ1n) is 11.5. The van der Waals surface area contributed by atoms with Gasteiger partial charge in [-0.25, -0.2) is 0 Å². The zero-order valence-electron chi connectivity index (χ0n) is 19.6. The highest BCUT2D eigenvalue weighted by Crippen LogP contribution is 2.40. The third-order valence-corrected chi connectivity index (χ3v) is 5.80. The lowest BCUT2D eigenvalue weighted by Crippen LogP contribution is -2.43. The molecule has 1 aliphatic rings. The van der Waals surface area contributed by atoms with E-state index in [2.05, 4.69) is 46.8 Å². The van der Waals surface area contributed by atoms with Gasteiger partial charge >= 0.3 is 0 Å². The Kier molecular flexibility index (Phi) is 15.2. The average molecular weight is 548 g/mol. The summed E-state index contributed by atoms with van der Waals surface area (Å²) in [5.41, 5.74) is 2.73. The number of hydrogen-bond acceptors (Lipinski definition) is 4. The fourth-order valence-electron chi connectivity index (χ4n) is 4.03. The normalized spacial score (nSPS) is 15.5. The van der Waals surface area contributed by atoms with E-state index >= 15 is 0 Å². The second-order valence-electron chi connectivity index (χ2n) is 8.00. The first-order chi connectivity index (χ1) is 14.7. The van der Waals surface area contributed by atoms with Crippen LogP contribution in [0.2, 0.25) is 0 Å². The molecule has 178 valence electrons. The zero-order valence-corrected chi connectivity index (χ0v) is 21.9. The van der Waals surface area contributed by atoms with E-state index in [1.807, 2.05) is 14.0 Å². The van der Waals surface area contributed by atoms with Crippen molar-refractivity contribution in [3.63, 3.8) is 0 Å². The Labute approximate surface area is 205 Å². The van der Waals surface area contributed by atoms with Crippen molar-refractivity contribution in [2.45, 2.75) is 59.1 Å². The number of aliphatic imine (C=N–C) groups is 1. The quantitative estimate of drug-likeness (QED) is 0.155. The summed E-state index contributed by atoms with van der Waals surface area (Å²) in [7, 11) is 1.83. The second-order valence-corrected chi connectivity index (χ2v) is 8.00. The number of nitrogens with zero attached hydrogens (tertiary/aromatic N) is 1. The smallest absolute Gasteiger partial charge is 0.191 e. The van der Waals surface area contributed by atoms with Gasteiger partial charge in [-0.3, -0.25) is 4.99 Å². The summed E-state index contributed by atoms with van der Waals surface area (Å²) in [4.78, 5) is 4.42. The van der Waals surface area contributed by atoms with Crippen molar-refractivity contribution in [2.75, 3.05) is 46.6 Å². The molecule has 0 aromatic heterocycles. The van der Waals surface area contributed by atoms with Crippen LogP contribution in [0.3, 0.4) is 0 Å². The molecule has 2 N–H and O–H groups in total. The fourth-order valence-corrected chi connectivity index (χ4v) is 4.03. The lowest BCUT2D eigenvalue weighted by molar-refractivity contribution is 0.0453. The van der Waals surface area contributed by atoms with Gasteiger partial charge in [0.05, 0.1) is 19.8 Å². The molecule has 2 rings (SSSR count). The van der Waals surface area contributed by atoms with Crippen LogP contribution >= 0.6 is 24.0 Å². The molecule has 0 atom stereocenters.